The summed E-state index contributed by atoms with van der Waals surface area (Å²) >= 11 is 0. The quantitative estimate of drug-likeness (QED) is 0.671. The fraction of sp³-hybridized carbons (Fsp3) is 0.400. The standard InChI is InChI=1S/C25H29N3O5/c1-2-22(24(31)28-13-11-27(12-14-28)15-23(29)30)26-25(32)33-16-21-19-9-5-3-7-17(19)18-8-4-6-10-20(18)21/h3-10,21-22H,2,11-16H2,1H3,(H,26,32)(H,29,30)/t22-/m0/s1. The number of hydrogen-bond acceptors (Lipinski definition) is 5. The summed E-state index contributed by atoms with van der Waals surface area (Å²) in [5, 5.41) is 11.6. The molecule has 2 aromatic carbocycles. The van der Waals surface area contributed by atoms with Gasteiger partial charge in [0.25, 0.3) is 0 Å². The third kappa shape index (κ3) is 5.01. The van der Waals surface area contributed by atoms with E-state index >= 15 is 0 Å². The Bertz CT molecular complexity index is 987. The van der Waals surface area contributed by atoms with Crippen LogP contribution in [0.25, 0.3) is 11.1 Å². The van der Waals surface area contributed by atoms with Crippen molar-refractivity contribution in [2.75, 3.05) is 39.3 Å². The zero-order valence-electron chi connectivity index (χ0n) is 18.7. The fourth-order valence-electron chi connectivity index (χ4n) is 4.66. The topological polar surface area (TPSA) is 99.2 Å². The van der Waals surface area contributed by atoms with E-state index in [9.17, 15) is 14.4 Å². The van der Waals surface area contributed by atoms with Gasteiger partial charge in [-0.3, -0.25) is 14.5 Å². The van der Waals surface area contributed by atoms with Crippen LogP contribution in [-0.2, 0) is 14.3 Å². The van der Waals surface area contributed by atoms with Crippen LogP contribution in [-0.4, -0.2) is 78.2 Å². The number of carbonyl (C=O) groups excluding carboxylic acids is 2. The predicted octanol–water partition coefficient (Wildman–Crippen LogP) is 2.53. The van der Waals surface area contributed by atoms with E-state index in [-0.39, 0.29) is 25.0 Å². The molecule has 0 spiro atoms. The summed E-state index contributed by atoms with van der Waals surface area (Å²) in [7, 11) is 0. The van der Waals surface area contributed by atoms with Crippen molar-refractivity contribution in [3.8, 4) is 11.1 Å². The number of rotatable bonds is 7. The molecule has 2 N–H and O–H groups in total. The summed E-state index contributed by atoms with van der Waals surface area (Å²) in [5.41, 5.74) is 4.58. The maximum absolute atomic E-state index is 12.9. The van der Waals surface area contributed by atoms with E-state index in [2.05, 4.69) is 29.6 Å². The van der Waals surface area contributed by atoms with Gasteiger partial charge in [-0.1, -0.05) is 55.5 Å². The Morgan fingerprint density at radius 1 is 1.00 bits per heavy atom. The van der Waals surface area contributed by atoms with Crippen molar-refractivity contribution < 1.29 is 24.2 Å². The zero-order valence-corrected chi connectivity index (χ0v) is 18.7. The van der Waals surface area contributed by atoms with Crippen molar-refractivity contribution in [3.05, 3.63) is 59.7 Å². The van der Waals surface area contributed by atoms with Gasteiger partial charge in [0.05, 0.1) is 6.54 Å². The van der Waals surface area contributed by atoms with Gasteiger partial charge in [0.2, 0.25) is 5.91 Å². The number of nitrogens with one attached hydrogen (secondary N) is 1. The van der Waals surface area contributed by atoms with Crippen LogP contribution in [0.4, 0.5) is 4.79 Å². The smallest absolute Gasteiger partial charge is 0.407 e. The lowest BCUT2D eigenvalue weighted by Crippen LogP contribution is -2.55. The highest BCUT2D eigenvalue weighted by molar-refractivity contribution is 5.86. The number of nitrogens with zero attached hydrogens (tertiary/aromatic N) is 2. The van der Waals surface area contributed by atoms with Crippen molar-refractivity contribution in [2.24, 2.45) is 0 Å². The van der Waals surface area contributed by atoms with E-state index in [0.717, 1.165) is 22.3 Å². The minimum Gasteiger partial charge on any atom is -0.480 e. The highest BCUT2D eigenvalue weighted by Gasteiger charge is 2.31. The summed E-state index contributed by atoms with van der Waals surface area (Å²) < 4.78 is 5.58. The van der Waals surface area contributed by atoms with E-state index < -0.39 is 18.1 Å². The second-order valence-corrected chi connectivity index (χ2v) is 8.43. The molecule has 0 aromatic heterocycles. The highest BCUT2D eigenvalue weighted by Crippen LogP contribution is 2.44. The number of aliphatic carboxylic acids is 1. The molecular weight excluding hydrogens is 422 g/mol. The van der Waals surface area contributed by atoms with Gasteiger partial charge in [0.1, 0.15) is 12.6 Å². The minimum absolute atomic E-state index is 0.0305. The van der Waals surface area contributed by atoms with Crippen LogP contribution in [0.5, 0.6) is 0 Å². The monoisotopic (exact) mass is 451 g/mol. The van der Waals surface area contributed by atoms with Gasteiger partial charge in [-0.05, 0) is 28.7 Å². The molecule has 1 atom stereocenters. The van der Waals surface area contributed by atoms with Crippen molar-refractivity contribution in [2.45, 2.75) is 25.3 Å². The molecule has 0 unspecified atom stereocenters. The highest BCUT2D eigenvalue weighted by atomic mass is 16.5. The molecule has 1 saturated heterocycles. The number of ether oxygens (including phenoxy) is 1. The van der Waals surface area contributed by atoms with Gasteiger partial charge in [-0.15, -0.1) is 0 Å². The van der Waals surface area contributed by atoms with Gasteiger partial charge in [-0.25, -0.2) is 4.79 Å². The molecule has 4 rings (SSSR count). The van der Waals surface area contributed by atoms with Gasteiger partial charge in [0.15, 0.2) is 0 Å². The Hall–Kier alpha value is -3.39. The molecule has 0 radical (unpaired) electrons. The number of carbonyl (C=O) groups is 3. The van der Waals surface area contributed by atoms with Crippen LogP contribution in [0.1, 0.15) is 30.4 Å². The average Bonchev–Trinajstić information content (AvgIpc) is 3.14. The molecular formula is C25H29N3O5. The van der Waals surface area contributed by atoms with Crippen LogP contribution in [0.15, 0.2) is 48.5 Å². The third-order valence-electron chi connectivity index (χ3n) is 6.38. The van der Waals surface area contributed by atoms with Crippen LogP contribution in [0.2, 0.25) is 0 Å². The lowest BCUT2D eigenvalue weighted by Gasteiger charge is -2.35. The van der Waals surface area contributed by atoms with E-state index in [1.54, 1.807) is 9.80 Å². The van der Waals surface area contributed by atoms with Crippen molar-refractivity contribution in [3.63, 3.8) is 0 Å². The SMILES string of the molecule is CC[C@H](NC(=O)OCC1c2ccccc2-c2ccccc21)C(=O)N1CCN(CC(=O)O)CC1. The molecule has 1 aliphatic carbocycles. The Labute approximate surface area is 193 Å². The second kappa shape index (κ2) is 10.0. The predicted molar refractivity (Wildman–Crippen MR) is 123 cm³/mol. The summed E-state index contributed by atoms with van der Waals surface area (Å²) in [6.07, 6.45) is -0.167. The van der Waals surface area contributed by atoms with Gasteiger partial charge >= 0.3 is 12.1 Å². The van der Waals surface area contributed by atoms with Crippen LogP contribution >= 0.6 is 0 Å². The zero-order chi connectivity index (χ0) is 23.4. The summed E-state index contributed by atoms with van der Waals surface area (Å²) in [6, 6.07) is 15.6. The number of amides is 2. The number of fused-ring (bicyclic) bond motifs is 3. The van der Waals surface area contributed by atoms with Crippen LogP contribution < -0.4 is 5.32 Å². The third-order valence-corrected chi connectivity index (χ3v) is 6.38. The number of piperazine rings is 1. The lowest BCUT2D eigenvalue weighted by molar-refractivity contribution is -0.139. The van der Waals surface area contributed by atoms with Crippen LogP contribution in [0.3, 0.4) is 0 Å². The second-order valence-electron chi connectivity index (χ2n) is 8.43. The van der Waals surface area contributed by atoms with Crippen LogP contribution in [0, 0.1) is 0 Å². The Kier molecular flexibility index (Phi) is 6.93. The molecule has 0 bridgehead atoms. The fourth-order valence-corrected chi connectivity index (χ4v) is 4.66. The number of hydrogen-bond donors (Lipinski definition) is 2. The molecule has 2 amide bonds. The summed E-state index contributed by atoms with van der Waals surface area (Å²) in [6.45, 7) is 3.88. The molecule has 174 valence electrons. The maximum Gasteiger partial charge on any atom is 0.407 e. The van der Waals surface area contributed by atoms with Crippen molar-refractivity contribution in [1.29, 1.82) is 0 Å². The van der Waals surface area contributed by atoms with Crippen molar-refractivity contribution in [1.82, 2.24) is 15.1 Å². The van der Waals surface area contributed by atoms with Crippen molar-refractivity contribution >= 4 is 18.0 Å². The molecule has 2 aliphatic rings. The Balaban J connectivity index is 1.33. The van der Waals surface area contributed by atoms with E-state index in [0.29, 0.717) is 32.6 Å². The van der Waals surface area contributed by atoms with E-state index in [1.807, 2.05) is 31.2 Å². The summed E-state index contributed by atoms with van der Waals surface area (Å²) in [4.78, 5) is 39.8. The van der Waals surface area contributed by atoms with Gasteiger partial charge in [0, 0.05) is 32.1 Å². The molecule has 1 fully saturated rings. The minimum atomic E-state index is -0.877. The number of alkyl carbamates (subject to hydrolysis) is 1. The summed E-state index contributed by atoms with van der Waals surface area (Å²) in [5.74, 6) is -1.08. The van der Waals surface area contributed by atoms with E-state index in [4.69, 9.17) is 9.84 Å². The number of carboxylic acids is 1. The first-order valence-corrected chi connectivity index (χ1v) is 11.3. The largest absolute Gasteiger partial charge is 0.480 e. The molecule has 1 aliphatic heterocycles. The molecule has 0 saturated carbocycles. The number of benzene rings is 2. The molecule has 8 heteroatoms. The molecule has 8 nitrogen and oxygen atoms in total. The lowest BCUT2D eigenvalue weighted by atomic mass is 9.98. The first-order chi connectivity index (χ1) is 16.0. The van der Waals surface area contributed by atoms with Gasteiger partial charge in [-0.2, -0.15) is 0 Å². The van der Waals surface area contributed by atoms with E-state index in [1.165, 1.54) is 0 Å². The normalized spacial score (nSPS) is 16.6. The Morgan fingerprint density at radius 2 is 1.58 bits per heavy atom. The molecule has 1 heterocycles. The average molecular weight is 452 g/mol. The first-order valence-electron chi connectivity index (χ1n) is 11.3. The van der Waals surface area contributed by atoms with Gasteiger partial charge < -0.3 is 20.1 Å². The molecule has 2 aromatic rings. The molecule has 33 heavy (non-hydrogen) atoms. The Morgan fingerprint density at radius 3 is 2.12 bits per heavy atom. The maximum atomic E-state index is 12.9. The first kappa shape index (κ1) is 22.8. The number of carboxylic acid groups (broad SMARTS) is 1.